The first kappa shape index (κ1) is 12.8. The van der Waals surface area contributed by atoms with Gasteiger partial charge in [0.1, 0.15) is 5.76 Å². The van der Waals surface area contributed by atoms with Crippen LogP contribution in [-0.2, 0) is 4.74 Å². The predicted octanol–water partition coefficient (Wildman–Crippen LogP) is 3.22. The second kappa shape index (κ2) is 5.34. The highest BCUT2D eigenvalue weighted by Gasteiger charge is 2.11. The minimum absolute atomic E-state index is 0.0255. The van der Waals surface area contributed by atoms with E-state index in [9.17, 15) is 10.1 Å². The number of nitrogens with one attached hydrogen (secondary N) is 1. The van der Waals surface area contributed by atoms with Crippen LogP contribution in [0.2, 0.25) is 0 Å². The minimum atomic E-state index is -0.456. The van der Waals surface area contributed by atoms with Crippen LogP contribution in [0.3, 0.4) is 0 Å². The molecule has 0 saturated carbocycles. The molecule has 1 heterocycles. The molecule has 0 atom stereocenters. The molecule has 1 aromatic carbocycles. The third-order valence-electron chi connectivity index (χ3n) is 2.48. The molecule has 0 bridgehead atoms. The Kier molecular flexibility index (Phi) is 3.61. The number of benzene rings is 1. The Bertz CT molecular complexity index is 601. The average molecular weight is 260 g/mol. The van der Waals surface area contributed by atoms with Crippen LogP contribution in [0.15, 0.2) is 40.8 Å². The lowest BCUT2D eigenvalue weighted by Crippen LogP contribution is -2.02. The summed E-state index contributed by atoms with van der Waals surface area (Å²) in [6.45, 7) is 2.18. The number of nitro groups is 1. The van der Waals surface area contributed by atoms with Gasteiger partial charge in [0.25, 0.3) is 5.69 Å². The first-order chi connectivity index (χ1) is 9.11. The van der Waals surface area contributed by atoms with E-state index in [0.29, 0.717) is 23.7 Å². The predicted molar refractivity (Wildman–Crippen MR) is 69.3 cm³/mol. The maximum Gasteiger partial charge on any atom is 0.269 e. The summed E-state index contributed by atoms with van der Waals surface area (Å²) in [7, 11) is 0. The minimum Gasteiger partial charge on any atom is -0.476 e. The Morgan fingerprint density at radius 1 is 1.32 bits per heavy atom. The van der Waals surface area contributed by atoms with Gasteiger partial charge in [-0.25, -0.2) is 0 Å². The van der Waals surface area contributed by atoms with Gasteiger partial charge in [0.05, 0.1) is 11.5 Å². The second-order valence-corrected chi connectivity index (χ2v) is 3.73. The number of furan rings is 1. The number of nitrogens with zero attached hydrogens (tertiary/aromatic N) is 1. The van der Waals surface area contributed by atoms with Crippen LogP contribution in [0.1, 0.15) is 12.7 Å². The molecule has 0 aliphatic carbocycles. The van der Waals surface area contributed by atoms with E-state index in [4.69, 9.17) is 14.6 Å². The van der Waals surface area contributed by atoms with Crippen LogP contribution >= 0.6 is 0 Å². The van der Waals surface area contributed by atoms with E-state index in [1.54, 1.807) is 31.2 Å². The zero-order valence-corrected chi connectivity index (χ0v) is 10.3. The molecule has 1 aromatic heterocycles. The largest absolute Gasteiger partial charge is 0.476 e. The van der Waals surface area contributed by atoms with Crippen molar-refractivity contribution in [1.29, 1.82) is 5.41 Å². The van der Waals surface area contributed by atoms with Crippen LogP contribution in [-0.4, -0.2) is 17.4 Å². The molecule has 98 valence electrons. The Labute approximate surface area is 109 Å². The van der Waals surface area contributed by atoms with Crippen LogP contribution in [0.4, 0.5) is 5.69 Å². The molecule has 0 amide bonds. The number of hydrogen-bond donors (Lipinski definition) is 1. The molecule has 0 aliphatic heterocycles. The summed E-state index contributed by atoms with van der Waals surface area (Å²) in [6.07, 6.45) is 0. The van der Waals surface area contributed by atoms with Gasteiger partial charge >= 0.3 is 0 Å². The van der Waals surface area contributed by atoms with Gasteiger partial charge in [-0.15, -0.1) is 0 Å². The third kappa shape index (κ3) is 2.79. The van der Waals surface area contributed by atoms with Crippen molar-refractivity contribution in [3.63, 3.8) is 0 Å². The van der Waals surface area contributed by atoms with Crippen molar-refractivity contribution >= 4 is 11.6 Å². The fraction of sp³-hybridized carbons (Fsp3) is 0.154. The van der Waals surface area contributed by atoms with Crippen molar-refractivity contribution in [2.24, 2.45) is 0 Å². The van der Waals surface area contributed by atoms with E-state index in [1.807, 2.05) is 0 Å². The average Bonchev–Trinajstić information content (AvgIpc) is 2.89. The topological polar surface area (TPSA) is 89.4 Å². The summed E-state index contributed by atoms with van der Waals surface area (Å²) >= 11 is 0. The van der Waals surface area contributed by atoms with Crippen LogP contribution in [0, 0.1) is 15.5 Å². The number of non-ortho nitro benzene ring substituents is 1. The summed E-state index contributed by atoms with van der Waals surface area (Å²) in [4.78, 5) is 10.1. The molecule has 1 N–H and O–H groups in total. The molecule has 19 heavy (non-hydrogen) atoms. The molecule has 0 fully saturated rings. The summed E-state index contributed by atoms with van der Waals surface area (Å²) in [6, 6.07) is 9.35. The lowest BCUT2D eigenvalue weighted by atomic mass is 10.1. The number of ether oxygens (including phenoxy) is 1. The Balaban J connectivity index is 2.23. The zero-order chi connectivity index (χ0) is 13.8. The molecule has 0 saturated heterocycles. The third-order valence-corrected chi connectivity index (χ3v) is 2.48. The Hall–Kier alpha value is -2.63. The summed E-state index contributed by atoms with van der Waals surface area (Å²) in [5.74, 6) is 0.834. The van der Waals surface area contributed by atoms with E-state index in [0.717, 1.165) is 0 Å². The number of rotatable bonds is 4. The first-order valence-corrected chi connectivity index (χ1v) is 5.68. The molecule has 6 heteroatoms. The lowest BCUT2D eigenvalue weighted by molar-refractivity contribution is -0.384. The maximum absolute atomic E-state index is 10.6. The van der Waals surface area contributed by atoms with E-state index < -0.39 is 4.92 Å². The van der Waals surface area contributed by atoms with Crippen LogP contribution in [0.25, 0.3) is 11.3 Å². The summed E-state index contributed by atoms with van der Waals surface area (Å²) in [5.41, 5.74) is 0.735. The van der Waals surface area contributed by atoms with Crippen molar-refractivity contribution < 1.29 is 14.1 Å². The lowest BCUT2D eigenvalue weighted by Gasteiger charge is -2.01. The normalized spacial score (nSPS) is 10.2. The van der Waals surface area contributed by atoms with Gasteiger partial charge < -0.3 is 9.15 Å². The highest BCUT2D eigenvalue weighted by Crippen LogP contribution is 2.24. The molecular weight excluding hydrogens is 248 g/mol. The van der Waals surface area contributed by atoms with Gasteiger partial charge in [0, 0.05) is 17.7 Å². The Morgan fingerprint density at radius 3 is 2.58 bits per heavy atom. The quantitative estimate of drug-likeness (QED) is 0.395. The van der Waals surface area contributed by atoms with Gasteiger partial charge in [-0.1, -0.05) is 0 Å². The number of hydrogen-bond acceptors (Lipinski definition) is 5. The van der Waals surface area contributed by atoms with Gasteiger partial charge in [-0.05, 0) is 31.2 Å². The second-order valence-electron chi connectivity index (χ2n) is 3.73. The zero-order valence-electron chi connectivity index (χ0n) is 10.3. The monoisotopic (exact) mass is 260 g/mol. The van der Waals surface area contributed by atoms with E-state index >= 15 is 0 Å². The van der Waals surface area contributed by atoms with E-state index in [-0.39, 0.29) is 11.6 Å². The van der Waals surface area contributed by atoms with Gasteiger partial charge in [-0.2, -0.15) is 0 Å². The van der Waals surface area contributed by atoms with E-state index in [2.05, 4.69) is 0 Å². The molecule has 6 nitrogen and oxygen atoms in total. The van der Waals surface area contributed by atoms with Crippen molar-refractivity contribution in [2.45, 2.75) is 6.92 Å². The molecule has 0 aliphatic rings. The van der Waals surface area contributed by atoms with Crippen molar-refractivity contribution in [3.8, 4) is 11.3 Å². The smallest absolute Gasteiger partial charge is 0.269 e. The fourth-order valence-electron chi connectivity index (χ4n) is 1.58. The Morgan fingerprint density at radius 2 is 2.00 bits per heavy atom. The maximum atomic E-state index is 10.6. The summed E-state index contributed by atoms with van der Waals surface area (Å²) in [5, 5.41) is 18.1. The molecule has 0 radical (unpaired) electrons. The standard InChI is InChI=1S/C13H12N2O4/c1-2-18-13(14)12-8-7-11(19-12)9-3-5-10(6-4-9)15(16)17/h3-8,14H,2H2,1H3. The van der Waals surface area contributed by atoms with Crippen LogP contribution < -0.4 is 0 Å². The van der Waals surface area contributed by atoms with Crippen molar-refractivity contribution in [1.82, 2.24) is 0 Å². The van der Waals surface area contributed by atoms with Gasteiger partial charge in [0.15, 0.2) is 5.76 Å². The molecule has 2 rings (SSSR count). The molecule has 0 unspecified atom stereocenters. The molecular formula is C13H12N2O4. The molecule has 2 aromatic rings. The first-order valence-electron chi connectivity index (χ1n) is 5.68. The van der Waals surface area contributed by atoms with Crippen LogP contribution in [0.5, 0.6) is 0 Å². The molecule has 0 spiro atoms. The van der Waals surface area contributed by atoms with Crippen molar-refractivity contribution in [2.75, 3.05) is 6.61 Å². The summed E-state index contributed by atoms with van der Waals surface area (Å²) < 4.78 is 10.5. The van der Waals surface area contributed by atoms with Gasteiger partial charge in [-0.3, -0.25) is 15.5 Å². The highest BCUT2D eigenvalue weighted by atomic mass is 16.6. The van der Waals surface area contributed by atoms with Crippen molar-refractivity contribution in [3.05, 3.63) is 52.3 Å². The fourth-order valence-corrected chi connectivity index (χ4v) is 1.58. The van der Waals surface area contributed by atoms with E-state index in [1.165, 1.54) is 12.1 Å². The van der Waals surface area contributed by atoms with Gasteiger partial charge in [0.2, 0.25) is 5.90 Å². The number of nitro benzene ring substituents is 1. The highest BCUT2D eigenvalue weighted by molar-refractivity contribution is 5.89. The SMILES string of the molecule is CCOC(=N)c1ccc(-c2ccc([N+](=O)[O-])cc2)o1.